The SMILES string of the molecule is O=C1C2CN(c3ccnc4ccccc34)CC2C(=O)N1Cc1ccccc1. The standard InChI is InChI=1S/C22H19N3O2/c26-21-17-13-24(20-10-11-23-19-9-5-4-8-16(19)20)14-18(17)22(27)25(21)12-15-6-2-1-3-7-15/h1-11,17-18H,12-14H2. The maximum absolute atomic E-state index is 12.9. The van der Waals surface area contributed by atoms with E-state index in [2.05, 4.69) is 9.88 Å². The number of pyridine rings is 1. The van der Waals surface area contributed by atoms with Crippen molar-refractivity contribution in [3.05, 3.63) is 72.4 Å². The molecule has 2 aromatic carbocycles. The highest BCUT2D eigenvalue weighted by molar-refractivity contribution is 6.06. The third-order valence-corrected chi connectivity index (χ3v) is 5.64. The summed E-state index contributed by atoms with van der Waals surface area (Å²) in [6.45, 7) is 1.52. The van der Waals surface area contributed by atoms with E-state index in [1.807, 2.05) is 60.7 Å². The Morgan fingerprint density at radius 1 is 0.852 bits per heavy atom. The van der Waals surface area contributed by atoms with Crippen LogP contribution in [0.1, 0.15) is 5.56 Å². The number of carbonyl (C=O) groups excluding carboxylic acids is 2. The Morgan fingerprint density at radius 3 is 2.26 bits per heavy atom. The van der Waals surface area contributed by atoms with Crippen LogP contribution >= 0.6 is 0 Å². The summed E-state index contributed by atoms with van der Waals surface area (Å²) in [4.78, 5) is 33.8. The van der Waals surface area contributed by atoms with E-state index in [0.717, 1.165) is 22.2 Å². The zero-order valence-corrected chi connectivity index (χ0v) is 14.8. The van der Waals surface area contributed by atoms with Gasteiger partial charge in [0.2, 0.25) is 11.8 Å². The number of hydrogen-bond donors (Lipinski definition) is 0. The van der Waals surface area contributed by atoms with Crippen molar-refractivity contribution in [3.8, 4) is 0 Å². The molecule has 0 bridgehead atoms. The Bertz CT molecular complexity index is 1000. The number of aromatic nitrogens is 1. The molecule has 134 valence electrons. The number of carbonyl (C=O) groups is 2. The number of para-hydroxylation sites is 1. The smallest absolute Gasteiger partial charge is 0.235 e. The highest BCUT2D eigenvalue weighted by atomic mass is 16.2. The Labute approximate surface area is 157 Å². The second-order valence-electron chi connectivity index (χ2n) is 7.21. The van der Waals surface area contributed by atoms with Gasteiger partial charge in [-0.25, -0.2) is 0 Å². The van der Waals surface area contributed by atoms with Gasteiger partial charge in [-0.1, -0.05) is 48.5 Å². The lowest BCUT2D eigenvalue weighted by atomic mass is 10.00. The van der Waals surface area contributed by atoms with E-state index in [9.17, 15) is 9.59 Å². The third-order valence-electron chi connectivity index (χ3n) is 5.64. The fourth-order valence-corrected chi connectivity index (χ4v) is 4.29. The first-order valence-electron chi connectivity index (χ1n) is 9.20. The van der Waals surface area contributed by atoms with Gasteiger partial charge in [0, 0.05) is 30.4 Å². The van der Waals surface area contributed by atoms with Gasteiger partial charge >= 0.3 is 0 Å². The van der Waals surface area contributed by atoms with Gasteiger partial charge in [0.05, 0.1) is 23.9 Å². The van der Waals surface area contributed by atoms with Crippen molar-refractivity contribution >= 4 is 28.4 Å². The summed E-state index contributed by atoms with van der Waals surface area (Å²) in [6.07, 6.45) is 1.79. The Kier molecular flexibility index (Phi) is 3.67. The highest BCUT2D eigenvalue weighted by Crippen LogP contribution is 2.38. The first-order chi connectivity index (χ1) is 13.2. The van der Waals surface area contributed by atoms with Crippen molar-refractivity contribution < 1.29 is 9.59 Å². The van der Waals surface area contributed by atoms with E-state index in [1.165, 1.54) is 4.90 Å². The first kappa shape index (κ1) is 16.0. The zero-order chi connectivity index (χ0) is 18.4. The van der Waals surface area contributed by atoms with Crippen LogP contribution in [0.2, 0.25) is 0 Å². The van der Waals surface area contributed by atoms with Gasteiger partial charge in [-0.05, 0) is 17.7 Å². The fraction of sp³-hybridized carbons (Fsp3) is 0.227. The van der Waals surface area contributed by atoms with Crippen LogP contribution in [0.3, 0.4) is 0 Å². The van der Waals surface area contributed by atoms with Gasteiger partial charge in [-0.15, -0.1) is 0 Å². The topological polar surface area (TPSA) is 53.5 Å². The third kappa shape index (κ3) is 2.58. The van der Waals surface area contributed by atoms with Crippen molar-refractivity contribution in [2.24, 2.45) is 11.8 Å². The molecule has 2 amide bonds. The largest absolute Gasteiger partial charge is 0.369 e. The molecule has 5 nitrogen and oxygen atoms in total. The normalized spacial score (nSPS) is 21.9. The van der Waals surface area contributed by atoms with E-state index in [0.29, 0.717) is 19.6 Å². The molecule has 5 rings (SSSR count). The lowest BCUT2D eigenvalue weighted by molar-refractivity contribution is -0.140. The summed E-state index contributed by atoms with van der Waals surface area (Å²) in [5, 5.41) is 1.06. The van der Waals surface area contributed by atoms with E-state index < -0.39 is 0 Å². The van der Waals surface area contributed by atoms with E-state index in [4.69, 9.17) is 0 Å². The Morgan fingerprint density at radius 2 is 1.52 bits per heavy atom. The highest BCUT2D eigenvalue weighted by Gasteiger charge is 2.52. The molecule has 2 fully saturated rings. The molecule has 0 spiro atoms. The van der Waals surface area contributed by atoms with Crippen LogP contribution in [0.15, 0.2) is 66.9 Å². The number of imide groups is 1. The van der Waals surface area contributed by atoms with Crippen LogP contribution in [0.4, 0.5) is 5.69 Å². The van der Waals surface area contributed by atoms with Gasteiger partial charge < -0.3 is 4.90 Å². The molecule has 2 unspecified atom stereocenters. The molecule has 2 aliphatic heterocycles. The minimum Gasteiger partial charge on any atom is -0.369 e. The summed E-state index contributed by atoms with van der Waals surface area (Å²) in [5.41, 5.74) is 2.96. The van der Waals surface area contributed by atoms with Crippen molar-refractivity contribution in [2.45, 2.75) is 6.54 Å². The van der Waals surface area contributed by atoms with Crippen molar-refractivity contribution in [1.29, 1.82) is 0 Å². The van der Waals surface area contributed by atoms with Gasteiger partial charge in [-0.3, -0.25) is 19.5 Å². The van der Waals surface area contributed by atoms with Crippen molar-refractivity contribution in [3.63, 3.8) is 0 Å². The second-order valence-corrected chi connectivity index (χ2v) is 7.21. The summed E-state index contributed by atoms with van der Waals surface area (Å²) in [6, 6.07) is 19.6. The van der Waals surface area contributed by atoms with Crippen LogP contribution in [0, 0.1) is 11.8 Å². The molecular formula is C22H19N3O2. The maximum Gasteiger partial charge on any atom is 0.235 e. The quantitative estimate of drug-likeness (QED) is 0.677. The molecule has 0 N–H and O–H groups in total. The molecule has 2 aliphatic rings. The number of amides is 2. The second kappa shape index (κ2) is 6.20. The Hall–Kier alpha value is -3.21. The molecule has 3 aromatic rings. The first-order valence-corrected chi connectivity index (χ1v) is 9.20. The van der Waals surface area contributed by atoms with Gasteiger partial charge in [0.1, 0.15) is 0 Å². The summed E-state index contributed by atoms with van der Waals surface area (Å²) in [7, 11) is 0. The van der Waals surface area contributed by atoms with Crippen molar-refractivity contribution in [2.75, 3.05) is 18.0 Å². The van der Waals surface area contributed by atoms with Crippen LogP contribution < -0.4 is 4.90 Å². The lowest BCUT2D eigenvalue weighted by Crippen LogP contribution is -2.35. The predicted octanol–water partition coefficient (Wildman–Crippen LogP) is 2.86. The fourth-order valence-electron chi connectivity index (χ4n) is 4.29. The molecule has 2 saturated heterocycles. The maximum atomic E-state index is 12.9. The summed E-state index contributed by atoms with van der Waals surface area (Å²) >= 11 is 0. The predicted molar refractivity (Wildman–Crippen MR) is 103 cm³/mol. The molecule has 0 radical (unpaired) electrons. The number of anilines is 1. The zero-order valence-electron chi connectivity index (χ0n) is 14.8. The van der Waals surface area contributed by atoms with Crippen molar-refractivity contribution in [1.82, 2.24) is 9.88 Å². The van der Waals surface area contributed by atoms with Crippen LogP contribution in [0.25, 0.3) is 10.9 Å². The number of nitrogens with zero attached hydrogens (tertiary/aromatic N) is 3. The molecule has 0 saturated carbocycles. The number of benzene rings is 2. The lowest BCUT2D eigenvalue weighted by Gasteiger charge is -2.23. The van der Waals surface area contributed by atoms with Gasteiger partial charge in [-0.2, -0.15) is 0 Å². The molecule has 27 heavy (non-hydrogen) atoms. The average Bonchev–Trinajstić information content (AvgIpc) is 3.24. The molecular weight excluding hydrogens is 338 g/mol. The van der Waals surface area contributed by atoms with E-state index >= 15 is 0 Å². The number of hydrogen-bond acceptors (Lipinski definition) is 4. The molecule has 3 heterocycles. The molecule has 0 aliphatic carbocycles. The Balaban J connectivity index is 1.40. The van der Waals surface area contributed by atoms with E-state index in [-0.39, 0.29) is 23.7 Å². The number of likely N-dealkylation sites (tertiary alicyclic amines) is 1. The summed E-state index contributed by atoms with van der Waals surface area (Å²) in [5.74, 6) is -0.606. The van der Waals surface area contributed by atoms with Gasteiger partial charge in [0.25, 0.3) is 0 Å². The summed E-state index contributed by atoms with van der Waals surface area (Å²) < 4.78 is 0. The van der Waals surface area contributed by atoms with Crippen LogP contribution in [-0.4, -0.2) is 34.8 Å². The van der Waals surface area contributed by atoms with Gasteiger partial charge in [0.15, 0.2) is 0 Å². The number of rotatable bonds is 3. The molecule has 2 atom stereocenters. The molecule has 5 heteroatoms. The molecule has 1 aromatic heterocycles. The van der Waals surface area contributed by atoms with Crippen LogP contribution in [0.5, 0.6) is 0 Å². The monoisotopic (exact) mass is 357 g/mol. The van der Waals surface area contributed by atoms with E-state index in [1.54, 1.807) is 6.20 Å². The number of fused-ring (bicyclic) bond motifs is 2. The average molecular weight is 357 g/mol. The van der Waals surface area contributed by atoms with Crippen LogP contribution in [-0.2, 0) is 16.1 Å². The minimum absolute atomic E-state index is 0.0466. The minimum atomic E-state index is -0.256.